The highest BCUT2D eigenvalue weighted by molar-refractivity contribution is 5.73. The van der Waals surface area contributed by atoms with E-state index in [1.165, 1.54) is 0 Å². The van der Waals surface area contributed by atoms with Gasteiger partial charge in [-0.2, -0.15) is 5.06 Å². The molecular formula is C10H22N2O2. The maximum Gasteiger partial charge on any atom is 0.219 e. The molecule has 0 aromatic carbocycles. The number of hydrogen-bond donors (Lipinski definition) is 0. The van der Waals surface area contributed by atoms with Crippen LogP contribution in [0.4, 0.5) is 0 Å². The van der Waals surface area contributed by atoms with Gasteiger partial charge in [-0.1, -0.05) is 0 Å². The molecule has 0 spiro atoms. The van der Waals surface area contributed by atoms with Crippen LogP contribution in [0, 0.1) is 0 Å². The predicted molar refractivity (Wildman–Crippen MR) is 56.8 cm³/mol. The lowest BCUT2D eigenvalue weighted by molar-refractivity contribution is -0.136. The summed E-state index contributed by atoms with van der Waals surface area (Å²) in [6, 6.07) is 0. The molecule has 0 N–H and O–H groups in total. The van der Waals surface area contributed by atoms with Crippen LogP contribution in [0.3, 0.4) is 0 Å². The van der Waals surface area contributed by atoms with Crippen molar-refractivity contribution in [2.45, 2.75) is 32.7 Å². The number of hydrogen-bond acceptors (Lipinski definition) is 3. The lowest BCUT2D eigenvalue weighted by Crippen LogP contribution is -2.45. The van der Waals surface area contributed by atoms with E-state index >= 15 is 0 Å². The Morgan fingerprint density at radius 2 is 1.86 bits per heavy atom. The van der Waals surface area contributed by atoms with Crippen molar-refractivity contribution in [3.8, 4) is 0 Å². The highest BCUT2D eigenvalue weighted by Crippen LogP contribution is 2.17. The summed E-state index contributed by atoms with van der Waals surface area (Å²) in [7, 11) is 5.35. The van der Waals surface area contributed by atoms with Crippen LogP contribution in [0.15, 0.2) is 0 Å². The smallest absolute Gasteiger partial charge is 0.219 e. The van der Waals surface area contributed by atoms with Crippen molar-refractivity contribution in [1.82, 2.24) is 9.96 Å². The van der Waals surface area contributed by atoms with Gasteiger partial charge >= 0.3 is 0 Å². The zero-order valence-corrected chi connectivity index (χ0v) is 10.1. The fourth-order valence-corrected chi connectivity index (χ4v) is 1.12. The maximum absolute atomic E-state index is 11.2. The van der Waals surface area contributed by atoms with E-state index in [0.717, 1.165) is 13.0 Å². The van der Waals surface area contributed by atoms with Crippen LogP contribution in [0.25, 0.3) is 0 Å². The highest BCUT2D eigenvalue weighted by atomic mass is 16.7. The van der Waals surface area contributed by atoms with Gasteiger partial charge < -0.3 is 9.74 Å². The fraction of sp³-hybridized carbons (Fsp3) is 0.900. The minimum atomic E-state index is -0.126. The summed E-state index contributed by atoms with van der Waals surface area (Å²) in [5.74, 6) is 0.0927. The molecule has 84 valence electrons. The zero-order chi connectivity index (χ0) is 11.4. The zero-order valence-electron chi connectivity index (χ0n) is 10.1. The molecule has 0 saturated heterocycles. The largest absolute Gasteiger partial charge is 0.341 e. The van der Waals surface area contributed by atoms with Crippen LogP contribution in [-0.4, -0.2) is 49.2 Å². The molecular weight excluding hydrogens is 180 g/mol. The monoisotopic (exact) mass is 202 g/mol. The van der Waals surface area contributed by atoms with Crippen LogP contribution in [0.2, 0.25) is 0 Å². The van der Waals surface area contributed by atoms with Gasteiger partial charge in [0.25, 0.3) is 0 Å². The molecule has 4 heteroatoms. The fourth-order valence-electron chi connectivity index (χ4n) is 1.12. The van der Waals surface area contributed by atoms with Gasteiger partial charge in [0.2, 0.25) is 5.91 Å². The first-order valence-corrected chi connectivity index (χ1v) is 4.81. The molecule has 0 heterocycles. The van der Waals surface area contributed by atoms with E-state index in [9.17, 15) is 4.79 Å². The normalized spacial score (nSPS) is 11.9. The molecule has 1 amide bonds. The summed E-state index contributed by atoms with van der Waals surface area (Å²) >= 11 is 0. The number of rotatable bonds is 5. The average molecular weight is 202 g/mol. The Labute approximate surface area is 86.8 Å². The number of hydroxylamine groups is 2. The third kappa shape index (κ3) is 4.07. The molecule has 0 saturated carbocycles. The second-order valence-corrected chi connectivity index (χ2v) is 4.17. The topological polar surface area (TPSA) is 32.8 Å². The van der Waals surface area contributed by atoms with E-state index in [1.807, 2.05) is 14.1 Å². The van der Waals surface area contributed by atoms with Crippen LogP contribution in [-0.2, 0) is 9.63 Å². The van der Waals surface area contributed by atoms with E-state index in [1.54, 1.807) is 24.0 Å². The second-order valence-electron chi connectivity index (χ2n) is 4.17. The summed E-state index contributed by atoms with van der Waals surface area (Å²) in [6.07, 6.45) is 0.882. The minimum absolute atomic E-state index is 0.0927. The van der Waals surface area contributed by atoms with Crippen LogP contribution in [0.5, 0.6) is 0 Å². The molecule has 0 aromatic heterocycles. The van der Waals surface area contributed by atoms with Gasteiger partial charge in [0.15, 0.2) is 0 Å². The number of carbonyl (C=O) groups excluding carboxylic acids is 1. The summed E-state index contributed by atoms with van der Waals surface area (Å²) in [5.41, 5.74) is -0.126. The van der Waals surface area contributed by atoms with Crippen molar-refractivity contribution >= 4 is 5.91 Å². The molecule has 0 unspecified atom stereocenters. The Bertz CT molecular complexity index is 193. The second kappa shape index (κ2) is 5.32. The number of nitrogens with zero attached hydrogens (tertiary/aromatic N) is 2. The molecule has 0 aliphatic heterocycles. The molecule has 14 heavy (non-hydrogen) atoms. The predicted octanol–water partition coefficient (Wildman–Crippen LogP) is 1.13. The lowest BCUT2D eigenvalue weighted by Gasteiger charge is -2.36. The molecule has 0 aromatic rings. The molecule has 0 fully saturated rings. The molecule has 4 nitrogen and oxygen atoms in total. The third-order valence-corrected chi connectivity index (χ3v) is 2.73. The summed E-state index contributed by atoms with van der Waals surface area (Å²) in [6.45, 7) is 6.50. The Kier molecular flexibility index (Phi) is 5.08. The van der Waals surface area contributed by atoms with E-state index < -0.39 is 0 Å². The molecule has 0 rings (SSSR count). The van der Waals surface area contributed by atoms with Crippen LogP contribution in [0.1, 0.15) is 27.2 Å². The highest BCUT2D eigenvalue weighted by Gasteiger charge is 2.25. The molecule has 0 bridgehead atoms. The Morgan fingerprint density at radius 1 is 1.36 bits per heavy atom. The number of amides is 1. The molecule has 0 atom stereocenters. The first-order chi connectivity index (χ1) is 6.31. The van der Waals surface area contributed by atoms with Crippen molar-refractivity contribution in [3.05, 3.63) is 0 Å². The van der Waals surface area contributed by atoms with Gasteiger partial charge in [-0.05, 0) is 20.3 Å². The van der Waals surface area contributed by atoms with Gasteiger partial charge in [-0.3, -0.25) is 4.79 Å². The van der Waals surface area contributed by atoms with Crippen molar-refractivity contribution in [2.24, 2.45) is 0 Å². The van der Waals surface area contributed by atoms with E-state index in [4.69, 9.17) is 4.84 Å². The first kappa shape index (κ1) is 13.4. The van der Waals surface area contributed by atoms with E-state index in [-0.39, 0.29) is 11.4 Å². The minimum Gasteiger partial charge on any atom is -0.341 e. The van der Waals surface area contributed by atoms with Gasteiger partial charge in [0.05, 0.1) is 7.11 Å². The standard InChI is InChI=1S/C10H22N2O2/c1-9(13)12(5)10(2,3)7-8-11(4)14-6/h7-8H2,1-6H3. The Hall–Kier alpha value is -0.610. The summed E-state index contributed by atoms with van der Waals surface area (Å²) in [5, 5.41) is 1.76. The van der Waals surface area contributed by atoms with Crippen LogP contribution >= 0.6 is 0 Å². The van der Waals surface area contributed by atoms with E-state index in [2.05, 4.69) is 13.8 Å². The molecule has 0 aliphatic carbocycles. The summed E-state index contributed by atoms with van der Waals surface area (Å²) < 4.78 is 0. The van der Waals surface area contributed by atoms with Crippen molar-refractivity contribution in [3.63, 3.8) is 0 Å². The maximum atomic E-state index is 11.2. The lowest BCUT2D eigenvalue weighted by atomic mass is 9.98. The summed E-state index contributed by atoms with van der Waals surface area (Å²) in [4.78, 5) is 18.0. The Balaban J connectivity index is 4.13. The van der Waals surface area contributed by atoms with Gasteiger partial charge in [-0.15, -0.1) is 0 Å². The third-order valence-electron chi connectivity index (χ3n) is 2.73. The van der Waals surface area contributed by atoms with E-state index in [0.29, 0.717) is 0 Å². The molecule has 0 radical (unpaired) electrons. The van der Waals surface area contributed by atoms with Gasteiger partial charge in [0, 0.05) is 33.1 Å². The number of carbonyl (C=O) groups is 1. The molecule has 0 aliphatic rings. The van der Waals surface area contributed by atoms with Crippen molar-refractivity contribution < 1.29 is 9.63 Å². The van der Waals surface area contributed by atoms with Crippen LogP contribution < -0.4 is 0 Å². The van der Waals surface area contributed by atoms with Gasteiger partial charge in [-0.25, -0.2) is 0 Å². The first-order valence-electron chi connectivity index (χ1n) is 4.81. The SMILES string of the molecule is CON(C)CCC(C)(C)N(C)C(C)=O. The van der Waals surface area contributed by atoms with Crippen molar-refractivity contribution in [2.75, 3.05) is 27.7 Å². The van der Waals surface area contributed by atoms with Gasteiger partial charge in [0.1, 0.15) is 0 Å². The average Bonchev–Trinajstić information content (AvgIpc) is 2.12. The Morgan fingerprint density at radius 3 is 2.21 bits per heavy atom. The van der Waals surface area contributed by atoms with Crippen molar-refractivity contribution in [1.29, 1.82) is 0 Å². The quantitative estimate of drug-likeness (QED) is 0.626.